The first-order valence-electron chi connectivity index (χ1n) is 9.59. The van der Waals surface area contributed by atoms with Crippen LogP contribution in [0.3, 0.4) is 0 Å². The maximum atomic E-state index is 13.7. The number of carboxylic acids is 1. The van der Waals surface area contributed by atoms with E-state index < -0.39 is 34.8 Å². The first kappa shape index (κ1) is 23.3. The molecule has 9 nitrogen and oxygen atoms in total. The lowest BCUT2D eigenvalue weighted by Crippen LogP contribution is -2.25. The third-order valence-electron chi connectivity index (χ3n) is 4.71. The molecule has 0 aliphatic carbocycles. The summed E-state index contributed by atoms with van der Waals surface area (Å²) in [4.78, 5) is 23.5. The third kappa shape index (κ3) is 5.07. The Labute approximate surface area is 180 Å². The van der Waals surface area contributed by atoms with Gasteiger partial charge in [0.25, 0.3) is 5.56 Å². The third-order valence-corrected chi connectivity index (χ3v) is 4.71. The molecule has 0 amide bonds. The van der Waals surface area contributed by atoms with E-state index in [4.69, 9.17) is 14.6 Å². The minimum absolute atomic E-state index is 0.0326. The van der Waals surface area contributed by atoms with Gasteiger partial charge in [-0.1, -0.05) is 12.1 Å². The lowest BCUT2D eigenvalue weighted by molar-refractivity contribution is -0.141. The highest BCUT2D eigenvalue weighted by atomic mass is 19.4. The van der Waals surface area contributed by atoms with Gasteiger partial charge in [0.2, 0.25) is 0 Å². The summed E-state index contributed by atoms with van der Waals surface area (Å²) in [6.07, 6.45) is -3.93. The average Bonchev–Trinajstić information content (AvgIpc) is 3.14. The highest BCUT2D eigenvalue weighted by Gasteiger charge is 2.39. The summed E-state index contributed by atoms with van der Waals surface area (Å²) < 4.78 is 53.2. The molecule has 0 radical (unpaired) electrons. The molecule has 0 fully saturated rings. The van der Waals surface area contributed by atoms with Crippen LogP contribution in [-0.4, -0.2) is 51.0 Å². The molecular formula is C20H21F3N4O5. The number of benzene rings is 1. The van der Waals surface area contributed by atoms with E-state index in [2.05, 4.69) is 10.2 Å². The maximum Gasteiger partial charge on any atom is 0.435 e. The molecule has 172 valence electrons. The van der Waals surface area contributed by atoms with Gasteiger partial charge in [0.15, 0.2) is 5.69 Å². The summed E-state index contributed by atoms with van der Waals surface area (Å²) in [7, 11) is 1.50. The van der Waals surface area contributed by atoms with Crippen LogP contribution in [0.25, 0.3) is 10.9 Å². The number of aliphatic carboxylic acids is 1. The molecule has 1 unspecified atom stereocenters. The van der Waals surface area contributed by atoms with Crippen LogP contribution < -0.4 is 10.3 Å². The highest BCUT2D eigenvalue weighted by Crippen LogP contribution is 2.33. The molecular weight excluding hydrogens is 433 g/mol. The Morgan fingerprint density at radius 1 is 1.25 bits per heavy atom. The van der Waals surface area contributed by atoms with Crippen LogP contribution in [0, 0.1) is 0 Å². The fourth-order valence-corrected chi connectivity index (χ4v) is 3.12. The molecule has 0 saturated heterocycles. The molecule has 32 heavy (non-hydrogen) atoms. The lowest BCUT2D eigenvalue weighted by Gasteiger charge is -2.13. The number of nitrogens with zero attached hydrogens (tertiary/aromatic N) is 4. The number of hydrogen-bond donors (Lipinski definition) is 1. The predicted molar refractivity (Wildman–Crippen MR) is 107 cm³/mol. The van der Waals surface area contributed by atoms with Crippen molar-refractivity contribution in [2.75, 3.05) is 20.3 Å². The molecule has 12 heteroatoms. The van der Waals surface area contributed by atoms with Crippen molar-refractivity contribution in [1.29, 1.82) is 0 Å². The molecule has 0 aliphatic rings. The number of aromatic nitrogens is 4. The summed E-state index contributed by atoms with van der Waals surface area (Å²) in [5.74, 6) is -0.451. The Morgan fingerprint density at radius 2 is 1.94 bits per heavy atom. The fourth-order valence-electron chi connectivity index (χ4n) is 3.12. The monoisotopic (exact) mass is 454 g/mol. The Morgan fingerprint density at radius 3 is 2.53 bits per heavy atom. The van der Waals surface area contributed by atoms with Gasteiger partial charge in [-0.25, -0.2) is 4.68 Å². The quantitative estimate of drug-likeness (QED) is 0.495. The van der Waals surface area contributed by atoms with Crippen LogP contribution in [0.4, 0.5) is 13.2 Å². The Bertz CT molecular complexity index is 1150. The van der Waals surface area contributed by atoms with Crippen molar-refractivity contribution < 1.29 is 32.5 Å². The van der Waals surface area contributed by atoms with Crippen molar-refractivity contribution in [3.63, 3.8) is 0 Å². The van der Waals surface area contributed by atoms with Crippen LogP contribution in [-0.2, 0) is 22.3 Å². The number of hydrogen-bond acceptors (Lipinski definition) is 6. The zero-order valence-corrected chi connectivity index (χ0v) is 17.3. The molecule has 3 rings (SSSR count). The van der Waals surface area contributed by atoms with Crippen LogP contribution >= 0.6 is 0 Å². The smallest absolute Gasteiger partial charge is 0.435 e. The topological polar surface area (TPSA) is 108 Å². The van der Waals surface area contributed by atoms with Gasteiger partial charge < -0.3 is 14.6 Å². The maximum absolute atomic E-state index is 13.7. The molecule has 2 heterocycles. The van der Waals surface area contributed by atoms with Crippen molar-refractivity contribution in [1.82, 2.24) is 19.6 Å². The van der Waals surface area contributed by atoms with Gasteiger partial charge in [-0.15, -0.1) is 0 Å². The largest absolute Gasteiger partial charge is 0.497 e. The number of fused-ring (bicyclic) bond motifs is 1. The van der Waals surface area contributed by atoms with Gasteiger partial charge in [-0.05, 0) is 24.6 Å². The van der Waals surface area contributed by atoms with Crippen molar-refractivity contribution in [2.24, 2.45) is 0 Å². The SMILES string of the molecule is COc1ccc(Cn2ncc3c(c(C(F)(F)F)nn3C(C)COCCC(=O)O)c2=O)cc1. The molecule has 0 saturated carbocycles. The zero-order chi connectivity index (χ0) is 23.5. The standard InChI is InChI=1S/C20H21F3N4O5/c1-12(11-32-8-7-16(28)29)27-15-9-24-26(10-13-3-5-14(31-2)6-4-13)19(30)17(15)18(25-27)20(21,22)23/h3-6,9,12H,7-8,10-11H2,1-2H3,(H,28,29). The number of ether oxygens (including phenoxy) is 2. The second kappa shape index (κ2) is 9.39. The van der Waals surface area contributed by atoms with E-state index in [1.807, 2.05) is 0 Å². The number of methoxy groups -OCH3 is 1. The van der Waals surface area contributed by atoms with Crippen LogP contribution in [0.5, 0.6) is 5.75 Å². The average molecular weight is 454 g/mol. The minimum atomic E-state index is -4.86. The molecule has 0 spiro atoms. The fraction of sp³-hybridized carbons (Fsp3) is 0.400. The van der Waals surface area contributed by atoms with Gasteiger partial charge >= 0.3 is 12.1 Å². The van der Waals surface area contributed by atoms with Gasteiger partial charge in [-0.3, -0.25) is 14.3 Å². The Hall–Kier alpha value is -3.41. The number of alkyl halides is 3. The van der Waals surface area contributed by atoms with E-state index in [0.717, 1.165) is 15.6 Å². The lowest BCUT2D eigenvalue weighted by atomic mass is 10.2. The van der Waals surface area contributed by atoms with Crippen molar-refractivity contribution >= 4 is 16.9 Å². The van der Waals surface area contributed by atoms with Crippen LogP contribution in [0.15, 0.2) is 35.3 Å². The molecule has 3 aromatic rings. The van der Waals surface area contributed by atoms with Crippen molar-refractivity contribution in [3.8, 4) is 5.75 Å². The summed E-state index contributed by atoms with van der Waals surface area (Å²) in [6, 6.07) is 6.01. The summed E-state index contributed by atoms with van der Waals surface area (Å²) in [6.45, 7) is 1.33. The van der Waals surface area contributed by atoms with Crippen molar-refractivity contribution in [2.45, 2.75) is 32.1 Å². The van der Waals surface area contributed by atoms with Crippen LogP contribution in [0.1, 0.15) is 30.6 Å². The van der Waals surface area contributed by atoms with Crippen LogP contribution in [0.2, 0.25) is 0 Å². The number of halogens is 3. The number of carbonyl (C=O) groups is 1. The van der Waals surface area contributed by atoms with Gasteiger partial charge in [0.05, 0.1) is 51.0 Å². The highest BCUT2D eigenvalue weighted by molar-refractivity contribution is 5.80. The van der Waals surface area contributed by atoms with E-state index in [0.29, 0.717) is 11.3 Å². The second-order valence-electron chi connectivity index (χ2n) is 7.07. The summed E-state index contributed by atoms with van der Waals surface area (Å²) in [5, 5.41) is 15.7. The number of carboxylic acid groups (broad SMARTS) is 1. The van der Waals surface area contributed by atoms with E-state index in [1.165, 1.54) is 7.11 Å². The van der Waals surface area contributed by atoms with E-state index in [9.17, 15) is 22.8 Å². The van der Waals surface area contributed by atoms with Gasteiger partial charge in [0, 0.05) is 0 Å². The number of rotatable bonds is 9. The molecule has 1 aromatic carbocycles. The Balaban J connectivity index is 1.96. The van der Waals surface area contributed by atoms with Crippen molar-refractivity contribution in [3.05, 3.63) is 52.1 Å². The zero-order valence-electron chi connectivity index (χ0n) is 17.3. The molecule has 0 aliphatic heterocycles. The summed E-state index contributed by atoms with van der Waals surface area (Å²) in [5.41, 5.74) is -1.65. The van der Waals surface area contributed by atoms with E-state index >= 15 is 0 Å². The van der Waals surface area contributed by atoms with E-state index in [1.54, 1.807) is 31.2 Å². The molecule has 1 atom stereocenters. The first-order chi connectivity index (χ1) is 15.1. The minimum Gasteiger partial charge on any atom is -0.497 e. The molecule has 1 N–H and O–H groups in total. The van der Waals surface area contributed by atoms with Gasteiger partial charge in [0.1, 0.15) is 11.1 Å². The summed E-state index contributed by atoms with van der Waals surface area (Å²) >= 11 is 0. The second-order valence-corrected chi connectivity index (χ2v) is 7.07. The predicted octanol–water partition coefficient (Wildman–Crippen LogP) is 2.72. The Kier molecular flexibility index (Phi) is 6.82. The normalized spacial score (nSPS) is 12.8. The van der Waals surface area contributed by atoms with Gasteiger partial charge in [-0.2, -0.15) is 23.4 Å². The first-order valence-corrected chi connectivity index (χ1v) is 9.59. The van der Waals surface area contributed by atoms with E-state index in [-0.39, 0.29) is 31.7 Å². The molecule has 0 bridgehead atoms. The molecule has 2 aromatic heterocycles.